The van der Waals surface area contributed by atoms with Crippen molar-refractivity contribution in [1.82, 2.24) is 14.9 Å². The minimum absolute atomic E-state index is 0.0344. The highest BCUT2D eigenvalue weighted by atomic mass is 32.2. The van der Waals surface area contributed by atoms with Gasteiger partial charge in [0.05, 0.1) is 6.54 Å². The summed E-state index contributed by atoms with van der Waals surface area (Å²) in [7, 11) is -2.11. The van der Waals surface area contributed by atoms with E-state index in [0.29, 0.717) is 12.3 Å². The molecule has 0 aliphatic carbocycles. The van der Waals surface area contributed by atoms with Gasteiger partial charge in [-0.1, -0.05) is 6.42 Å². The van der Waals surface area contributed by atoms with E-state index in [1.807, 2.05) is 0 Å². The predicted molar refractivity (Wildman–Crippen MR) is 77.0 cm³/mol. The summed E-state index contributed by atoms with van der Waals surface area (Å²) in [6, 6.07) is 3.17. The maximum Gasteiger partial charge on any atom is 0.273 e. The van der Waals surface area contributed by atoms with Gasteiger partial charge in [-0.2, -0.15) is 0 Å². The Morgan fingerprint density at radius 1 is 1.25 bits per heavy atom. The number of rotatable bonds is 7. The summed E-state index contributed by atoms with van der Waals surface area (Å²) in [5.74, 6) is 0.637. The molecule has 2 heterocycles. The van der Waals surface area contributed by atoms with Crippen molar-refractivity contribution in [2.24, 2.45) is 0 Å². The molecule has 1 aromatic heterocycles. The molecule has 0 bridgehead atoms. The lowest BCUT2D eigenvalue weighted by atomic mass is 10.1. The largest absolute Gasteiger partial charge is 0.447 e. The summed E-state index contributed by atoms with van der Waals surface area (Å²) in [6.07, 6.45) is 3.94. The number of piperidine rings is 1. The third-order valence-corrected chi connectivity index (χ3v) is 4.81. The van der Waals surface area contributed by atoms with Gasteiger partial charge in [0, 0.05) is 13.1 Å². The fourth-order valence-electron chi connectivity index (χ4n) is 2.33. The van der Waals surface area contributed by atoms with E-state index in [9.17, 15) is 8.42 Å². The molecular formula is C13H23N3O3S. The molecule has 0 unspecified atom stereocenters. The molecular weight excluding hydrogens is 278 g/mol. The van der Waals surface area contributed by atoms with E-state index in [4.69, 9.17) is 4.42 Å². The van der Waals surface area contributed by atoms with Gasteiger partial charge in [0.2, 0.25) is 5.09 Å². The van der Waals surface area contributed by atoms with Crippen LogP contribution in [0.15, 0.2) is 21.6 Å². The Morgan fingerprint density at radius 3 is 2.70 bits per heavy atom. The van der Waals surface area contributed by atoms with Crippen LogP contribution >= 0.6 is 0 Å². The van der Waals surface area contributed by atoms with Crippen molar-refractivity contribution in [3.63, 3.8) is 0 Å². The van der Waals surface area contributed by atoms with Crippen molar-refractivity contribution in [3.8, 4) is 0 Å². The van der Waals surface area contributed by atoms with Crippen LogP contribution in [0.25, 0.3) is 0 Å². The molecule has 6 nitrogen and oxygen atoms in total. The number of furan rings is 1. The van der Waals surface area contributed by atoms with Crippen LogP contribution in [0.4, 0.5) is 0 Å². The standard InChI is InChI=1S/C13H23N3O3S/c1-14-20(17,18)13-6-5-12(19-13)11-15-7-10-16-8-3-2-4-9-16/h5-6,14-15H,2-4,7-11H2,1H3. The highest BCUT2D eigenvalue weighted by Crippen LogP contribution is 2.13. The first kappa shape index (κ1) is 15.5. The van der Waals surface area contributed by atoms with Crippen molar-refractivity contribution < 1.29 is 12.8 Å². The van der Waals surface area contributed by atoms with Crippen LogP contribution < -0.4 is 10.0 Å². The molecule has 1 fully saturated rings. The smallest absolute Gasteiger partial charge is 0.273 e. The van der Waals surface area contributed by atoms with Crippen molar-refractivity contribution in [3.05, 3.63) is 17.9 Å². The van der Waals surface area contributed by atoms with Crippen molar-refractivity contribution in [2.75, 3.05) is 33.2 Å². The van der Waals surface area contributed by atoms with E-state index in [0.717, 1.165) is 13.1 Å². The van der Waals surface area contributed by atoms with Crippen LogP contribution in [0, 0.1) is 0 Å². The molecule has 0 spiro atoms. The van der Waals surface area contributed by atoms with Crippen LogP contribution in [-0.4, -0.2) is 46.5 Å². The Kier molecular flexibility index (Phi) is 5.59. The number of sulfonamides is 1. The van der Waals surface area contributed by atoms with Crippen molar-refractivity contribution in [1.29, 1.82) is 0 Å². The summed E-state index contributed by atoms with van der Waals surface area (Å²) >= 11 is 0. The zero-order chi connectivity index (χ0) is 14.4. The van der Waals surface area contributed by atoms with Gasteiger partial charge >= 0.3 is 0 Å². The van der Waals surface area contributed by atoms with Gasteiger partial charge in [-0.3, -0.25) is 0 Å². The summed E-state index contributed by atoms with van der Waals surface area (Å²) in [5.41, 5.74) is 0. The second kappa shape index (κ2) is 7.21. The molecule has 20 heavy (non-hydrogen) atoms. The fourth-order valence-corrected chi connectivity index (χ4v) is 3.00. The number of hydrogen-bond acceptors (Lipinski definition) is 5. The zero-order valence-corrected chi connectivity index (χ0v) is 12.7. The van der Waals surface area contributed by atoms with E-state index >= 15 is 0 Å². The summed E-state index contributed by atoms with van der Waals surface area (Å²) in [6.45, 7) is 4.84. The lowest BCUT2D eigenvalue weighted by Crippen LogP contribution is -2.35. The third kappa shape index (κ3) is 4.31. The van der Waals surface area contributed by atoms with Gasteiger partial charge in [0.1, 0.15) is 5.76 Å². The second-order valence-electron chi connectivity index (χ2n) is 5.01. The highest BCUT2D eigenvalue weighted by Gasteiger charge is 2.16. The number of hydrogen-bond donors (Lipinski definition) is 2. The van der Waals surface area contributed by atoms with Crippen LogP contribution in [-0.2, 0) is 16.6 Å². The van der Waals surface area contributed by atoms with E-state index < -0.39 is 10.0 Å². The summed E-state index contributed by atoms with van der Waals surface area (Å²) < 4.78 is 30.6. The van der Waals surface area contributed by atoms with Gasteiger partial charge in [-0.25, -0.2) is 13.1 Å². The monoisotopic (exact) mass is 301 g/mol. The molecule has 0 atom stereocenters. The van der Waals surface area contributed by atoms with E-state index in [1.165, 1.54) is 45.5 Å². The van der Waals surface area contributed by atoms with Gasteiger partial charge in [0.15, 0.2) is 0 Å². The predicted octanol–water partition coefficient (Wildman–Crippen LogP) is 0.763. The molecule has 0 saturated carbocycles. The molecule has 1 saturated heterocycles. The first-order chi connectivity index (χ1) is 9.62. The molecule has 0 aromatic carbocycles. The SMILES string of the molecule is CNS(=O)(=O)c1ccc(CNCCN2CCCCC2)o1. The normalized spacial score (nSPS) is 17.4. The van der Waals surface area contributed by atoms with Crippen LogP contribution in [0.1, 0.15) is 25.0 Å². The first-order valence-corrected chi connectivity index (χ1v) is 8.55. The minimum atomic E-state index is -3.48. The van der Waals surface area contributed by atoms with E-state index in [1.54, 1.807) is 6.07 Å². The average Bonchev–Trinajstić information content (AvgIpc) is 2.94. The molecule has 2 N–H and O–H groups in total. The van der Waals surface area contributed by atoms with Crippen molar-refractivity contribution in [2.45, 2.75) is 30.9 Å². The summed E-state index contributed by atoms with van der Waals surface area (Å²) in [5, 5.41) is 3.25. The Balaban J connectivity index is 1.72. The zero-order valence-electron chi connectivity index (χ0n) is 11.9. The topological polar surface area (TPSA) is 74.6 Å². The summed E-state index contributed by atoms with van der Waals surface area (Å²) in [4.78, 5) is 2.45. The van der Waals surface area contributed by atoms with Crippen molar-refractivity contribution >= 4 is 10.0 Å². The minimum Gasteiger partial charge on any atom is -0.447 e. The second-order valence-corrected chi connectivity index (χ2v) is 6.82. The van der Waals surface area contributed by atoms with Gasteiger partial charge in [-0.15, -0.1) is 0 Å². The molecule has 2 rings (SSSR count). The molecule has 1 aliphatic rings. The fraction of sp³-hybridized carbons (Fsp3) is 0.692. The Bertz CT molecular complexity index is 507. The highest BCUT2D eigenvalue weighted by molar-refractivity contribution is 7.89. The third-order valence-electron chi connectivity index (χ3n) is 3.52. The maximum atomic E-state index is 11.5. The molecule has 7 heteroatoms. The lowest BCUT2D eigenvalue weighted by molar-refractivity contribution is 0.228. The Labute approximate surface area is 120 Å². The Hall–Kier alpha value is -0.890. The number of likely N-dealkylation sites (tertiary alicyclic amines) is 1. The average molecular weight is 301 g/mol. The van der Waals surface area contributed by atoms with Gasteiger partial charge in [-0.05, 0) is 45.1 Å². The molecule has 0 amide bonds. The van der Waals surface area contributed by atoms with Gasteiger partial charge < -0.3 is 14.6 Å². The first-order valence-electron chi connectivity index (χ1n) is 7.07. The maximum absolute atomic E-state index is 11.5. The Morgan fingerprint density at radius 2 is 2.00 bits per heavy atom. The quantitative estimate of drug-likeness (QED) is 0.728. The molecule has 0 radical (unpaired) electrons. The van der Waals surface area contributed by atoms with E-state index in [-0.39, 0.29) is 5.09 Å². The molecule has 1 aliphatic heterocycles. The van der Waals surface area contributed by atoms with E-state index in [2.05, 4.69) is 14.9 Å². The van der Waals surface area contributed by atoms with Gasteiger partial charge in [0.25, 0.3) is 10.0 Å². The van der Waals surface area contributed by atoms with Crippen LogP contribution in [0.3, 0.4) is 0 Å². The molecule has 1 aromatic rings. The lowest BCUT2D eigenvalue weighted by Gasteiger charge is -2.26. The number of nitrogens with one attached hydrogen (secondary N) is 2. The van der Waals surface area contributed by atoms with Crippen LogP contribution in [0.2, 0.25) is 0 Å². The molecule has 114 valence electrons. The van der Waals surface area contributed by atoms with Crippen LogP contribution in [0.5, 0.6) is 0 Å². The number of nitrogens with zero attached hydrogens (tertiary/aromatic N) is 1.